The number of carbonyl (C=O) groups excluding carboxylic acids is 2. The highest BCUT2D eigenvalue weighted by Crippen LogP contribution is 2.44. The smallest absolute Gasteiger partial charge is 0.410 e. The number of fused-ring (bicyclic) bond motifs is 2. The van der Waals surface area contributed by atoms with Crippen LogP contribution in [0.15, 0.2) is 22.7 Å². The van der Waals surface area contributed by atoms with E-state index < -0.39 is 11.6 Å². The summed E-state index contributed by atoms with van der Waals surface area (Å²) in [5, 5.41) is 5.01. The van der Waals surface area contributed by atoms with Gasteiger partial charge in [0.2, 0.25) is 0 Å². The van der Waals surface area contributed by atoms with Gasteiger partial charge in [-0.1, -0.05) is 40.8 Å². The Morgan fingerprint density at radius 3 is 2.23 bits per heavy atom. The summed E-state index contributed by atoms with van der Waals surface area (Å²) in [6.45, 7) is 5.59. The predicted molar refractivity (Wildman–Crippen MR) is 132 cm³/mol. The van der Waals surface area contributed by atoms with E-state index >= 15 is 0 Å². The molecule has 1 amide bonds. The Morgan fingerprint density at radius 2 is 1.69 bits per heavy atom. The lowest BCUT2D eigenvalue weighted by atomic mass is 9.81. The molecule has 3 heterocycles. The molecule has 3 aliphatic rings. The summed E-state index contributed by atoms with van der Waals surface area (Å²) in [7, 11) is 0. The Hall–Kier alpha value is -2.25. The number of rotatable bonds is 4. The molecule has 0 radical (unpaired) electrons. The van der Waals surface area contributed by atoms with Crippen LogP contribution in [0.3, 0.4) is 0 Å². The molecular weight excluding hydrogens is 491 g/mol. The molecular formula is C26H30Cl2N2O5. The van der Waals surface area contributed by atoms with Crippen molar-refractivity contribution < 1.29 is 23.6 Å². The zero-order chi connectivity index (χ0) is 24.9. The van der Waals surface area contributed by atoms with E-state index in [0.29, 0.717) is 45.5 Å². The van der Waals surface area contributed by atoms with Crippen LogP contribution in [-0.4, -0.2) is 45.9 Å². The van der Waals surface area contributed by atoms with Gasteiger partial charge >= 0.3 is 12.1 Å². The molecule has 2 saturated heterocycles. The van der Waals surface area contributed by atoms with E-state index in [-0.39, 0.29) is 30.2 Å². The van der Waals surface area contributed by atoms with Crippen molar-refractivity contribution in [2.24, 2.45) is 0 Å². The van der Waals surface area contributed by atoms with E-state index in [1.807, 2.05) is 25.7 Å². The van der Waals surface area contributed by atoms with E-state index in [9.17, 15) is 9.59 Å². The molecule has 3 fully saturated rings. The van der Waals surface area contributed by atoms with Gasteiger partial charge in [-0.25, -0.2) is 9.59 Å². The van der Waals surface area contributed by atoms with Crippen molar-refractivity contribution in [2.75, 3.05) is 0 Å². The van der Waals surface area contributed by atoms with Gasteiger partial charge in [-0.15, -0.1) is 0 Å². The summed E-state index contributed by atoms with van der Waals surface area (Å²) in [5.74, 6) is 0.195. The van der Waals surface area contributed by atoms with Gasteiger partial charge in [-0.3, -0.25) is 0 Å². The average molecular weight is 521 g/mol. The third-order valence-electron chi connectivity index (χ3n) is 7.17. The third kappa shape index (κ3) is 4.77. The van der Waals surface area contributed by atoms with E-state index in [2.05, 4.69) is 5.16 Å². The van der Waals surface area contributed by atoms with Crippen LogP contribution >= 0.6 is 23.2 Å². The van der Waals surface area contributed by atoms with E-state index in [0.717, 1.165) is 32.1 Å². The fourth-order valence-electron chi connectivity index (χ4n) is 5.39. The van der Waals surface area contributed by atoms with Gasteiger partial charge in [0.05, 0.1) is 10.0 Å². The summed E-state index contributed by atoms with van der Waals surface area (Å²) in [6, 6.07) is 5.15. The topological polar surface area (TPSA) is 81.9 Å². The molecule has 1 aliphatic carbocycles. The monoisotopic (exact) mass is 520 g/mol. The second-order valence-corrected chi connectivity index (χ2v) is 11.6. The Labute approximate surface area is 215 Å². The number of ether oxygens (including phenoxy) is 2. The average Bonchev–Trinajstić information content (AvgIpc) is 3.24. The molecule has 7 nitrogen and oxygen atoms in total. The first-order valence-corrected chi connectivity index (χ1v) is 13.0. The maximum atomic E-state index is 13.6. The van der Waals surface area contributed by atoms with E-state index in [1.54, 1.807) is 18.2 Å². The maximum Gasteiger partial charge on any atom is 0.410 e. The minimum absolute atomic E-state index is 0.00698. The first-order chi connectivity index (χ1) is 16.6. The molecule has 35 heavy (non-hydrogen) atoms. The number of hydrogen-bond donors (Lipinski definition) is 0. The lowest BCUT2D eigenvalue weighted by Crippen LogP contribution is -2.50. The number of benzene rings is 1. The van der Waals surface area contributed by atoms with Crippen LogP contribution in [0.4, 0.5) is 4.79 Å². The Bertz CT molecular complexity index is 1100. The van der Waals surface area contributed by atoms with Crippen molar-refractivity contribution in [1.82, 2.24) is 10.1 Å². The molecule has 2 aromatic rings. The normalized spacial score (nSPS) is 24.3. The molecule has 188 valence electrons. The van der Waals surface area contributed by atoms with Crippen LogP contribution in [0.2, 0.25) is 10.0 Å². The fraction of sp³-hybridized carbons (Fsp3) is 0.577. The highest BCUT2D eigenvalue weighted by Gasteiger charge is 2.46. The minimum atomic E-state index is -0.553. The highest BCUT2D eigenvalue weighted by molar-refractivity contribution is 6.39. The maximum absolute atomic E-state index is 13.6. The molecule has 1 unspecified atom stereocenters. The van der Waals surface area contributed by atoms with E-state index in [4.69, 9.17) is 37.2 Å². The lowest BCUT2D eigenvalue weighted by molar-refractivity contribution is -0.0227. The largest absolute Gasteiger partial charge is 0.458 e. The van der Waals surface area contributed by atoms with Gasteiger partial charge in [0.25, 0.3) is 0 Å². The number of carbonyl (C=O) groups is 2. The lowest BCUT2D eigenvalue weighted by Gasteiger charge is -2.39. The van der Waals surface area contributed by atoms with Gasteiger partial charge in [0.1, 0.15) is 23.0 Å². The zero-order valence-electron chi connectivity index (χ0n) is 20.2. The summed E-state index contributed by atoms with van der Waals surface area (Å²) >= 11 is 12.9. The molecule has 1 aromatic heterocycles. The van der Waals surface area contributed by atoms with Gasteiger partial charge in [-0.05, 0) is 58.6 Å². The second kappa shape index (κ2) is 9.32. The van der Waals surface area contributed by atoms with Crippen molar-refractivity contribution in [3.05, 3.63) is 39.6 Å². The predicted octanol–water partition coefficient (Wildman–Crippen LogP) is 7.00. The van der Waals surface area contributed by atoms with Crippen LogP contribution in [-0.2, 0) is 9.47 Å². The zero-order valence-corrected chi connectivity index (χ0v) is 21.7. The molecule has 0 N–H and O–H groups in total. The SMILES string of the molecule is CC(C)(C)OC(=O)N1[C@@H]2CC[C@H]1CC(OC(=O)c1c(-c3c(Cl)cccc3Cl)noc1C1CCC1)C2. The highest BCUT2D eigenvalue weighted by atomic mass is 35.5. The Morgan fingerprint density at radius 1 is 1.06 bits per heavy atom. The van der Waals surface area contributed by atoms with Gasteiger partial charge in [-0.2, -0.15) is 0 Å². The molecule has 1 saturated carbocycles. The van der Waals surface area contributed by atoms with Crippen LogP contribution in [0.25, 0.3) is 11.3 Å². The van der Waals surface area contributed by atoms with Crippen molar-refractivity contribution in [2.45, 2.75) is 95.4 Å². The van der Waals surface area contributed by atoms with Gasteiger partial charge in [0.15, 0.2) is 5.76 Å². The van der Waals surface area contributed by atoms with E-state index in [1.165, 1.54) is 0 Å². The summed E-state index contributed by atoms with van der Waals surface area (Å²) in [6.07, 6.45) is 5.25. The van der Waals surface area contributed by atoms with Gasteiger partial charge in [0, 0.05) is 36.4 Å². The van der Waals surface area contributed by atoms with Crippen LogP contribution in [0, 0.1) is 0 Å². The number of piperidine rings is 1. The Kier molecular flexibility index (Phi) is 6.51. The molecule has 9 heteroatoms. The van der Waals surface area contributed by atoms with Crippen molar-refractivity contribution in [1.29, 1.82) is 0 Å². The number of esters is 1. The number of hydrogen-bond acceptors (Lipinski definition) is 6. The number of nitrogens with zero attached hydrogens (tertiary/aromatic N) is 2. The van der Waals surface area contributed by atoms with Crippen molar-refractivity contribution in [3.8, 4) is 11.3 Å². The molecule has 2 aliphatic heterocycles. The molecule has 1 aromatic carbocycles. The van der Waals surface area contributed by atoms with Crippen LogP contribution < -0.4 is 0 Å². The van der Waals surface area contributed by atoms with Crippen molar-refractivity contribution in [3.63, 3.8) is 0 Å². The molecule has 0 spiro atoms. The number of amides is 1. The number of halogens is 2. The standard InChI is InChI=1S/C26H30Cl2N2O5/c1-26(2,3)34-25(32)30-15-10-11-16(30)13-17(12-15)33-24(31)21-22(20-18(27)8-5-9-19(20)28)29-35-23(21)14-6-4-7-14/h5,8-9,14-17H,4,6-7,10-13H2,1-3H3/t15-,16+,17?. The fourth-order valence-corrected chi connectivity index (χ4v) is 5.97. The number of aromatic nitrogens is 1. The Balaban J connectivity index is 1.37. The summed E-state index contributed by atoms with van der Waals surface area (Å²) in [4.78, 5) is 28.2. The minimum Gasteiger partial charge on any atom is -0.458 e. The third-order valence-corrected chi connectivity index (χ3v) is 7.80. The first kappa shape index (κ1) is 24.4. The summed E-state index contributed by atoms with van der Waals surface area (Å²) < 4.78 is 17.3. The molecule has 2 bridgehead atoms. The van der Waals surface area contributed by atoms with Gasteiger partial charge < -0.3 is 18.9 Å². The van der Waals surface area contributed by atoms with Crippen LogP contribution in [0.1, 0.15) is 87.8 Å². The van der Waals surface area contributed by atoms with Crippen LogP contribution in [0.5, 0.6) is 0 Å². The molecule has 3 atom stereocenters. The van der Waals surface area contributed by atoms with Crippen molar-refractivity contribution >= 4 is 35.3 Å². The first-order valence-electron chi connectivity index (χ1n) is 12.3. The molecule has 5 rings (SSSR count). The quantitative estimate of drug-likeness (QED) is 0.403. The second-order valence-electron chi connectivity index (χ2n) is 10.8. The summed E-state index contributed by atoms with van der Waals surface area (Å²) in [5.41, 5.74) is 0.549.